The second-order valence-electron chi connectivity index (χ2n) is 8.37. The fourth-order valence-electron chi connectivity index (χ4n) is 4.13. The predicted molar refractivity (Wildman–Crippen MR) is 129 cm³/mol. The van der Waals surface area contributed by atoms with E-state index in [9.17, 15) is 13.2 Å². The summed E-state index contributed by atoms with van der Waals surface area (Å²) in [6.07, 6.45) is -4.43. The van der Waals surface area contributed by atoms with Crippen molar-refractivity contribution in [2.24, 2.45) is 0 Å². The molecule has 0 aliphatic carbocycles. The van der Waals surface area contributed by atoms with Crippen molar-refractivity contribution in [2.75, 3.05) is 0 Å². The Morgan fingerprint density at radius 2 is 0.897 bits per heavy atom. The van der Waals surface area contributed by atoms with Gasteiger partial charge in [-0.25, -0.2) is 18.6 Å². The molecule has 1 heterocycles. The van der Waals surface area contributed by atoms with Gasteiger partial charge in [0.2, 0.25) is 17.1 Å². The molecule has 0 aliphatic rings. The molecule has 39 heavy (non-hydrogen) atoms. The molecule has 0 N–H and O–H groups in total. The molecule has 0 atom stereocenters. The number of benzene rings is 4. The third-order valence-corrected chi connectivity index (χ3v) is 5.74. The van der Waals surface area contributed by atoms with Crippen LogP contribution in [0.2, 0.25) is 0 Å². The van der Waals surface area contributed by atoms with Crippen LogP contribution in [0.25, 0.3) is 39.3 Å². The molecular weight excluding hydrogens is 531 g/mol. The molecule has 0 aliphatic heterocycles. The van der Waals surface area contributed by atoms with Crippen LogP contribution in [0.4, 0.5) is 13.2 Å². The third kappa shape index (κ3) is 7.51. The molecule has 1 aromatic heterocycles. The van der Waals surface area contributed by atoms with E-state index < -0.39 is 22.0 Å². The van der Waals surface area contributed by atoms with Gasteiger partial charge in [0.1, 0.15) is 0 Å². The van der Waals surface area contributed by atoms with Crippen molar-refractivity contribution in [1.82, 2.24) is 0 Å². The number of alkyl halides is 3. The molecule has 0 saturated carbocycles. The topological polar surface area (TPSA) is 96.1 Å². The lowest BCUT2D eigenvalue weighted by Gasteiger charge is -2.17. The quantitative estimate of drug-likeness (QED) is 0.320. The Hall–Kier alpha value is -4.05. The standard InChI is InChI=1S/C30H21F3N.ClHO4/c31-30(32,33)26-17-10-18-27(21-26)34-28(23-13-6-2-7-14-23)19-25(22-11-4-1-5-12-22)20-29(34)24-15-8-3-9-16-24;2-1(3,4)5/h1-21H;(H,2,3,4,5)/q+1;/p-1. The van der Waals surface area contributed by atoms with Crippen LogP contribution in [0.15, 0.2) is 127 Å². The van der Waals surface area contributed by atoms with Crippen molar-refractivity contribution in [3.05, 3.63) is 133 Å². The molecule has 0 saturated heterocycles. The van der Waals surface area contributed by atoms with Gasteiger partial charge in [-0.3, -0.25) is 0 Å². The molecule has 5 rings (SSSR count). The Kier molecular flexibility index (Phi) is 8.44. The zero-order valence-electron chi connectivity index (χ0n) is 20.2. The van der Waals surface area contributed by atoms with Crippen LogP contribution in [-0.2, 0) is 6.18 Å². The van der Waals surface area contributed by atoms with E-state index in [-0.39, 0.29) is 0 Å². The minimum absolute atomic E-state index is 0.451. The summed E-state index contributed by atoms with van der Waals surface area (Å²) in [5.41, 5.74) is 5.23. The molecule has 4 aromatic carbocycles. The highest BCUT2D eigenvalue weighted by Gasteiger charge is 2.33. The van der Waals surface area contributed by atoms with Gasteiger partial charge in [0.25, 0.3) is 0 Å². The van der Waals surface area contributed by atoms with E-state index in [1.54, 1.807) is 6.07 Å². The Balaban J connectivity index is 0.000000648. The number of halogens is 4. The largest absolute Gasteiger partial charge is 0.416 e. The molecule has 0 bridgehead atoms. The highest BCUT2D eigenvalue weighted by atomic mass is 35.7. The normalized spacial score (nSPS) is 11.5. The summed E-state index contributed by atoms with van der Waals surface area (Å²) >= 11 is 0. The average Bonchev–Trinajstić information content (AvgIpc) is 2.92. The van der Waals surface area contributed by atoms with Gasteiger partial charge in [-0.15, -0.1) is 10.2 Å². The summed E-state index contributed by atoms with van der Waals surface area (Å²) in [4.78, 5) is 0. The van der Waals surface area contributed by atoms with Crippen molar-refractivity contribution >= 4 is 0 Å². The van der Waals surface area contributed by atoms with E-state index in [2.05, 4.69) is 0 Å². The van der Waals surface area contributed by atoms with Crippen LogP contribution >= 0.6 is 0 Å². The van der Waals surface area contributed by atoms with Crippen molar-refractivity contribution in [3.63, 3.8) is 0 Å². The summed E-state index contributed by atoms with van der Waals surface area (Å²) < 4.78 is 76.7. The second kappa shape index (κ2) is 11.8. The van der Waals surface area contributed by atoms with Crippen LogP contribution in [0.5, 0.6) is 0 Å². The SMILES string of the molecule is FC(F)(F)c1cccc(-[n+]2c(-c3ccccc3)cc(-c3ccccc3)cc2-c2ccccc2)c1.[O-][Cl+3]([O-])([O-])[O-]. The third-order valence-electron chi connectivity index (χ3n) is 5.74. The molecule has 5 aromatic rings. The Bertz CT molecular complexity index is 1460. The smallest absolute Gasteiger partial charge is 0.222 e. The number of hydrogen-bond donors (Lipinski definition) is 0. The molecule has 0 fully saturated rings. The van der Waals surface area contributed by atoms with Crippen LogP contribution in [-0.4, -0.2) is 0 Å². The van der Waals surface area contributed by atoms with Gasteiger partial charge in [-0.05, 0) is 41.5 Å². The molecule has 0 radical (unpaired) electrons. The number of aromatic nitrogens is 1. The number of rotatable bonds is 4. The van der Waals surface area contributed by atoms with Gasteiger partial charge >= 0.3 is 6.18 Å². The molecular formula is C30H21ClF3NO4. The maximum atomic E-state index is 13.6. The van der Waals surface area contributed by atoms with E-state index >= 15 is 0 Å². The van der Waals surface area contributed by atoms with Crippen molar-refractivity contribution in [2.45, 2.75) is 6.18 Å². The maximum Gasteiger partial charge on any atom is 0.416 e. The van der Waals surface area contributed by atoms with Gasteiger partial charge in [0, 0.05) is 35.4 Å². The minimum atomic E-state index is -4.94. The lowest BCUT2D eigenvalue weighted by molar-refractivity contribution is -2.00. The molecule has 5 nitrogen and oxygen atoms in total. The first-order valence-electron chi connectivity index (χ1n) is 11.6. The minimum Gasteiger partial charge on any atom is -0.222 e. The first-order chi connectivity index (χ1) is 18.5. The monoisotopic (exact) mass is 551 g/mol. The van der Waals surface area contributed by atoms with E-state index in [4.69, 9.17) is 18.6 Å². The molecule has 0 spiro atoms. The number of nitrogens with zero attached hydrogens (tertiary/aromatic N) is 1. The van der Waals surface area contributed by atoms with E-state index in [0.717, 1.165) is 39.7 Å². The Morgan fingerprint density at radius 3 is 1.31 bits per heavy atom. The maximum absolute atomic E-state index is 13.6. The molecule has 0 amide bonds. The van der Waals surface area contributed by atoms with Crippen molar-refractivity contribution < 1.29 is 46.6 Å². The molecule has 0 unspecified atom stereocenters. The summed E-state index contributed by atoms with van der Waals surface area (Å²) in [7, 11) is -4.94. The van der Waals surface area contributed by atoms with Gasteiger partial charge in [-0.2, -0.15) is 17.7 Å². The van der Waals surface area contributed by atoms with Crippen LogP contribution in [0.1, 0.15) is 5.56 Å². The fraction of sp³-hybridized carbons (Fsp3) is 0.0333. The number of hydrogen-bond acceptors (Lipinski definition) is 4. The first kappa shape index (κ1) is 28.0. The van der Waals surface area contributed by atoms with Gasteiger partial charge in [0.15, 0.2) is 0 Å². The Labute approximate surface area is 225 Å². The lowest BCUT2D eigenvalue weighted by atomic mass is 9.98. The summed E-state index contributed by atoms with van der Waals surface area (Å²) in [5.74, 6) is 0. The predicted octanol–water partition coefficient (Wildman–Crippen LogP) is 3.23. The van der Waals surface area contributed by atoms with E-state index in [1.165, 1.54) is 12.1 Å². The zero-order valence-corrected chi connectivity index (χ0v) is 21.0. The van der Waals surface area contributed by atoms with Crippen LogP contribution in [0, 0.1) is 10.2 Å². The summed E-state index contributed by atoms with van der Waals surface area (Å²) in [6, 6.07) is 39.1. The molecule has 198 valence electrons. The van der Waals surface area contributed by atoms with Gasteiger partial charge in [-0.1, -0.05) is 72.8 Å². The fourth-order valence-corrected chi connectivity index (χ4v) is 4.13. The molecule has 9 heteroatoms. The summed E-state index contributed by atoms with van der Waals surface area (Å²) in [5, 5.41) is 0. The Morgan fingerprint density at radius 1 is 0.487 bits per heavy atom. The second-order valence-corrected chi connectivity index (χ2v) is 9.13. The lowest BCUT2D eigenvalue weighted by Crippen LogP contribution is -2.68. The van der Waals surface area contributed by atoms with E-state index in [1.807, 2.05) is 108 Å². The average molecular weight is 552 g/mol. The van der Waals surface area contributed by atoms with Crippen molar-refractivity contribution in [3.8, 4) is 39.3 Å². The number of pyridine rings is 1. The van der Waals surface area contributed by atoms with Gasteiger partial charge in [0.05, 0.1) is 5.56 Å². The summed E-state index contributed by atoms with van der Waals surface area (Å²) in [6.45, 7) is 0. The zero-order chi connectivity index (χ0) is 28.0. The van der Waals surface area contributed by atoms with Crippen LogP contribution < -0.4 is 23.2 Å². The van der Waals surface area contributed by atoms with E-state index in [0.29, 0.717) is 5.69 Å². The highest BCUT2D eigenvalue weighted by molar-refractivity contribution is 5.74. The highest BCUT2D eigenvalue weighted by Crippen LogP contribution is 2.33. The first-order valence-corrected chi connectivity index (χ1v) is 12.8. The van der Waals surface area contributed by atoms with Crippen molar-refractivity contribution in [1.29, 1.82) is 0 Å². The van der Waals surface area contributed by atoms with Gasteiger partial charge < -0.3 is 0 Å². The van der Waals surface area contributed by atoms with Crippen LogP contribution in [0.3, 0.4) is 0 Å².